The third kappa shape index (κ3) is 3.23. The van der Waals surface area contributed by atoms with E-state index in [2.05, 4.69) is 4.98 Å². The number of halogens is 3. The second-order valence-corrected chi connectivity index (χ2v) is 5.87. The van der Waals surface area contributed by atoms with Crippen LogP contribution in [0.2, 0.25) is 0 Å². The van der Waals surface area contributed by atoms with Crippen LogP contribution in [0.4, 0.5) is 13.2 Å². The maximum absolute atomic E-state index is 13.0. The SMILES string of the molecule is NC(Cc1nccs1)C1CCCCC1C(F)(F)F. The van der Waals surface area contributed by atoms with Gasteiger partial charge in [-0.05, 0) is 18.8 Å². The van der Waals surface area contributed by atoms with E-state index in [1.165, 1.54) is 11.3 Å². The molecule has 2 rings (SSSR count). The summed E-state index contributed by atoms with van der Waals surface area (Å²) in [5.74, 6) is -1.69. The molecule has 0 amide bonds. The Balaban J connectivity index is 2.04. The monoisotopic (exact) mass is 278 g/mol. The molecule has 0 saturated heterocycles. The van der Waals surface area contributed by atoms with E-state index in [0.29, 0.717) is 19.3 Å². The summed E-state index contributed by atoms with van der Waals surface area (Å²) in [6.07, 6.45) is 0.305. The average molecular weight is 278 g/mol. The average Bonchev–Trinajstić information content (AvgIpc) is 2.80. The van der Waals surface area contributed by atoms with E-state index in [-0.39, 0.29) is 6.42 Å². The van der Waals surface area contributed by atoms with Crippen molar-refractivity contribution in [2.45, 2.75) is 44.3 Å². The fourth-order valence-corrected chi connectivity index (χ4v) is 3.47. The fourth-order valence-electron chi connectivity index (χ4n) is 2.79. The third-order valence-corrected chi connectivity index (χ3v) is 4.49. The van der Waals surface area contributed by atoms with E-state index < -0.39 is 24.1 Å². The van der Waals surface area contributed by atoms with E-state index in [4.69, 9.17) is 5.73 Å². The lowest BCUT2D eigenvalue weighted by atomic mass is 9.74. The van der Waals surface area contributed by atoms with Crippen molar-refractivity contribution in [2.24, 2.45) is 17.6 Å². The summed E-state index contributed by atoms with van der Waals surface area (Å²) >= 11 is 1.45. The minimum atomic E-state index is -4.12. The number of nitrogens with zero attached hydrogens (tertiary/aromatic N) is 1. The number of alkyl halides is 3. The number of rotatable bonds is 3. The Hall–Kier alpha value is -0.620. The van der Waals surface area contributed by atoms with Gasteiger partial charge in [-0.25, -0.2) is 4.98 Å². The zero-order chi connectivity index (χ0) is 13.2. The first kappa shape index (κ1) is 13.8. The van der Waals surface area contributed by atoms with Crippen molar-refractivity contribution in [1.82, 2.24) is 4.98 Å². The molecular weight excluding hydrogens is 261 g/mol. The van der Waals surface area contributed by atoms with Gasteiger partial charge in [-0.15, -0.1) is 11.3 Å². The first-order valence-electron chi connectivity index (χ1n) is 6.19. The Morgan fingerprint density at radius 1 is 1.39 bits per heavy atom. The summed E-state index contributed by atoms with van der Waals surface area (Å²) in [6, 6.07) is -0.442. The summed E-state index contributed by atoms with van der Waals surface area (Å²) in [4.78, 5) is 4.10. The van der Waals surface area contributed by atoms with Crippen LogP contribution in [0.25, 0.3) is 0 Å². The van der Waals surface area contributed by atoms with Crippen molar-refractivity contribution >= 4 is 11.3 Å². The second-order valence-electron chi connectivity index (χ2n) is 4.89. The highest BCUT2D eigenvalue weighted by Gasteiger charge is 2.47. The zero-order valence-corrected chi connectivity index (χ0v) is 10.8. The maximum atomic E-state index is 13.0. The molecule has 0 radical (unpaired) electrons. The standard InChI is InChI=1S/C12H17F3N2S/c13-12(14,15)9-4-2-1-3-8(9)10(16)7-11-17-5-6-18-11/h5-6,8-10H,1-4,7,16H2. The maximum Gasteiger partial charge on any atom is 0.392 e. The molecule has 0 spiro atoms. The van der Waals surface area contributed by atoms with Gasteiger partial charge in [0.15, 0.2) is 0 Å². The third-order valence-electron chi connectivity index (χ3n) is 3.68. The van der Waals surface area contributed by atoms with Crippen LogP contribution in [0.1, 0.15) is 30.7 Å². The van der Waals surface area contributed by atoms with Gasteiger partial charge in [-0.3, -0.25) is 0 Å². The lowest BCUT2D eigenvalue weighted by Crippen LogP contribution is -2.44. The van der Waals surface area contributed by atoms with Crippen LogP contribution in [-0.4, -0.2) is 17.2 Å². The largest absolute Gasteiger partial charge is 0.392 e. The van der Waals surface area contributed by atoms with E-state index in [0.717, 1.165) is 11.4 Å². The molecule has 1 fully saturated rings. The van der Waals surface area contributed by atoms with Gasteiger partial charge in [0.25, 0.3) is 0 Å². The van der Waals surface area contributed by atoms with Crippen LogP contribution in [0.3, 0.4) is 0 Å². The lowest BCUT2D eigenvalue weighted by molar-refractivity contribution is -0.198. The van der Waals surface area contributed by atoms with Crippen molar-refractivity contribution in [3.63, 3.8) is 0 Å². The van der Waals surface area contributed by atoms with Crippen molar-refractivity contribution in [2.75, 3.05) is 0 Å². The Morgan fingerprint density at radius 3 is 2.72 bits per heavy atom. The summed E-state index contributed by atoms with van der Waals surface area (Å²) < 4.78 is 38.9. The molecule has 6 heteroatoms. The minimum Gasteiger partial charge on any atom is -0.327 e. The molecule has 18 heavy (non-hydrogen) atoms. The predicted molar refractivity (Wildman–Crippen MR) is 65.3 cm³/mol. The molecule has 1 aromatic heterocycles. The van der Waals surface area contributed by atoms with Crippen LogP contribution in [0.5, 0.6) is 0 Å². The number of hydrogen-bond donors (Lipinski definition) is 1. The normalized spacial score (nSPS) is 27.1. The molecule has 3 atom stereocenters. The van der Waals surface area contributed by atoms with Crippen molar-refractivity contribution in [3.8, 4) is 0 Å². The van der Waals surface area contributed by atoms with Crippen LogP contribution in [0, 0.1) is 11.8 Å². The first-order chi connectivity index (χ1) is 8.48. The second kappa shape index (κ2) is 5.57. The van der Waals surface area contributed by atoms with Gasteiger partial charge in [0.2, 0.25) is 0 Å². The topological polar surface area (TPSA) is 38.9 Å². The number of nitrogens with two attached hydrogens (primary N) is 1. The molecule has 2 N–H and O–H groups in total. The molecule has 0 aromatic carbocycles. The van der Waals surface area contributed by atoms with Gasteiger partial charge in [0.05, 0.1) is 10.9 Å². The quantitative estimate of drug-likeness (QED) is 0.920. The highest BCUT2D eigenvalue weighted by molar-refractivity contribution is 7.09. The molecule has 1 heterocycles. The Bertz CT molecular complexity index is 364. The van der Waals surface area contributed by atoms with Gasteiger partial charge in [-0.2, -0.15) is 13.2 Å². The fraction of sp³-hybridized carbons (Fsp3) is 0.750. The van der Waals surface area contributed by atoms with E-state index >= 15 is 0 Å². The predicted octanol–water partition coefficient (Wildman–Crippen LogP) is 3.38. The number of hydrogen-bond acceptors (Lipinski definition) is 3. The molecular formula is C12H17F3N2S. The van der Waals surface area contributed by atoms with E-state index in [9.17, 15) is 13.2 Å². The van der Waals surface area contributed by atoms with Gasteiger partial charge < -0.3 is 5.73 Å². The molecule has 0 bridgehead atoms. The first-order valence-corrected chi connectivity index (χ1v) is 7.07. The van der Waals surface area contributed by atoms with Gasteiger partial charge in [0, 0.05) is 24.0 Å². The number of aromatic nitrogens is 1. The van der Waals surface area contributed by atoms with E-state index in [1.54, 1.807) is 6.20 Å². The lowest BCUT2D eigenvalue weighted by Gasteiger charge is -2.36. The van der Waals surface area contributed by atoms with Crippen LogP contribution in [-0.2, 0) is 6.42 Å². The molecule has 2 nitrogen and oxygen atoms in total. The Kier molecular flexibility index (Phi) is 4.27. The Labute approximate surface area is 108 Å². The molecule has 3 unspecified atom stereocenters. The molecule has 1 aliphatic rings. The van der Waals surface area contributed by atoms with Crippen LogP contribution >= 0.6 is 11.3 Å². The van der Waals surface area contributed by atoms with E-state index in [1.807, 2.05) is 5.38 Å². The molecule has 1 saturated carbocycles. The van der Waals surface area contributed by atoms with Crippen LogP contribution < -0.4 is 5.73 Å². The highest BCUT2D eigenvalue weighted by Crippen LogP contribution is 2.42. The smallest absolute Gasteiger partial charge is 0.327 e. The van der Waals surface area contributed by atoms with Gasteiger partial charge >= 0.3 is 6.18 Å². The minimum absolute atomic E-state index is 0.222. The molecule has 0 aliphatic heterocycles. The molecule has 1 aromatic rings. The van der Waals surface area contributed by atoms with Gasteiger partial charge in [-0.1, -0.05) is 12.8 Å². The van der Waals surface area contributed by atoms with Crippen molar-refractivity contribution in [1.29, 1.82) is 0 Å². The number of thiazole rings is 1. The molecule has 1 aliphatic carbocycles. The van der Waals surface area contributed by atoms with Crippen molar-refractivity contribution in [3.05, 3.63) is 16.6 Å². The highest BCUT2D eigenvalue weighted by atomic mass is 32.1. The summed E-state index contributed by atoms with van der Waals surface area (Å²) in [5, 5.41) is 2.65. The van der Waals surface area contributed by atoms with Crippen LogP contribution in [0.15, 0.2) is 11.6 Å². The summed E-state index contributed by atoms with van der Waals surface area (Å²) in [7, 11) is 0. The Morgan fingerprint density at radius 2 is 2.11 bits per heavy atom. The van der Waals surface area contributed by atoms with Gasteiger partial charge in [0.1, 0.15) is 0 Å². The zero-order valence-electron chi connectivity index (χ0n) is 9.99. The summed E-state index contributed by atoms with van der Waals surface area (Å²) in [5.41, 5.74) is 5.99. The van der Waals surface area contributed by atoms with Crippen molar-refractivity contribution < 1.29 is 13.2 Å². The summed E-state index contributed by atoms with van der Waals surface area (Å²) in [6.45, 7) is 0. The molecule has 102 valence electrons.